The van der Waals surface area contributed by atoms with Crippen LogP contribution in [0.15, 0.2) is 0 Å². The van der Waals surface area contributed by atoms with Crippen molar-refractivity contribution in [1.29, 1.82) is 0 Å². The summed E-state index contributed by atoms with van der Waals surface area (Å²) in [4.78, 5) is 0. The fourth-order valence-electron chi connectivity index (χ4n) is 1.69. The number of nitrogens with zero attached hydrogens (tertiary/aromatic N) is 1. The van der Waals surface area contributed by atoms with Crippen molar-refractivity contribution in [2.24, 2.45) is 11.8 Å². The average Bonchev–Trinajstić information content (AvgIpc) is 2.33. The van der Waals surface area contributed by atoms with Crippen LogP contribution in [0, 0.1) is 11.8 Å². The van der Waals surface area contributed by atoms with Crippen LogP contribution in [-0.2, 0) is 10.0 Å². The zero-order chi connectivity index (χ0) is 10.1. The van der Waals surface area contributed by atoms with E-state index in [2.05, 4.69) is 13.8 Å². The van der Waals surface area contributed by atoms with Gasteiger partial charge in [-0.25, -0.2) is 12.7 Å². The summed E-state index contributed by atoms with van der Waals surface area (Å²) in [6.07, 6.45) is 0.710. The molecule has 0 aliphatic carbocycles. The fourth-order valence-corrected chi connectivity index (χ4v) is 3.39. The molecular weight excluding hydrogens is 186 g/mol. The van der Waals surface area contributed by atoms with Gasteiger partial charge in [0, 0.05) is 13.1 Å². The third kappa shape index (κ3) is 2.44. The van der Waals surface area contributed by atoms with E-state index < -0.39 is 10.0 Å². The first-order valence-corrected chi connectivity index (χ1v) is 6.56. The predicted octanol–water partition coefficient (Wildman–Crippen LogP) is 1.31. The van der Waals surface area contributed by atoms with Gasteiger partial charge in [0.1, 0.15) is 0 Å². The van der Waals surface area contributed by atoms with Gasteiger partial charge in [-0.2, -0.15) is 0 Å². The summed E-state index contributed by atoms with van der Waals surface area (Å²) >= 11 is 0. The second-order valence-corrected chi connectivity index (χ2v) is 6.18. The zero-order valence-corrected chi connectivity index (χ0v) is 9.47. The van der Waals surface area contributed by atoms with E-state index in [0.717, 1.165) is 0 Å². The van der Waals surface area contributed by atoms with Gasteiger partial charge in [-0.1, -0.05) is 20.8 Å². The summed E-state index contributed by atoms with van der Waals surface area (Å²) in [5, 5.41) is 0. The normalized spacial score (nSPS) is 31.0. The molecule has 0 bridgehead atoms. The molecule has 0 aromatic rings. The number of hydrogen-bond donors (Lipinski definition) is 0. The van der Waals surface area contributed by atoms with Gasteiger partial charge in [-0.15, -0.1) is 0 Å². The molecule has 0 spiro atoms. The quantitative estimate of drug-likeness (QED) is 0.696. The van der Waals surface area contributed by atoms with E-state index in [1.54, 1.807) is 4.31 Å². The SMILES string of the molecule is CCCS(=O)(=O)N1CC(C)C(C)C1. The van der Waals surface area contributed by atoms with Crippen molar-refractivity contribution < 1.29 is 8.42 Å². The minimum atomic E-state index is -2.94. The first-order chi connectivity index (χ1) is 5.97. The highest BCUT2D eigenvalue weighted by molar-refractivity contribution is 7.89. The number of rotatable bonds is 3. The van der Waals surface area contributed by atoms with Crippen molar-refractivity contribution in [2.45, 2.75) is 27.2 Å². The fraction of sp³-hybridized carbons (Fsp3) is 1.00. The molecule has 1 saturated heterocycles. The standard InChI is InChI=1S/C9H19NO2S/c1-4-5-13(11,12)10-6-8(2)9(3)7-10/h8-9H,4-7H2,1-3H3. The molecule has 2 atom stereocenters. The van der Waals surface area contributed by atoms with Crippen LogP contribution in [0.2, 0.25) is 0 Å². The molecule has 0 N–H and O–H groups in total. The molecule has 0 aromatic heterocycles. The van der Waals surface area contributed by atoms with Gasteiger partial charge < -0.3 is 0 Å². The van der Waals surface area contributed by atoms with Gasteiger partial charge in [0.15, 0.2) is 0 Å². The van der Waals surface area contributed by atoms with Crippen molar-refractivity contribution in [1.82, 2.24) is 4.31 Å². The molecule has 78 valence electrons. The van der Waals surface area contributed by atoms with Crippen molar-refractivity contribution >= 4 is 10.0 Å². The minimum Gasteiger partial charge on any atom is -0.212 e. The summed E-state index contributed by atoms with van der Waals surface area (Å²) in [6, 6.07) is 0. The van der Waals surface area contributed by atoms with Crippen LogP contribution in [0.25, 0.3) is 0 Å². The zero-order valence-electron chi connectivity index (χ0n) is 8.66. The third-order valence-corrected chi connectivity index (χ3v) is 4.82. The Kier molecular flexibility index (Phi) is 3.35. The van der Waals surface area contributed by atoms with Gasteiger partial charge >= 0.3 is 0 Å². The Morgan fingerprint density at radius 3 is 2.08 bits per heavy atom. The van der Waals surface area contributed by atoms with Crippen LogP contribution >= 0.6 is 0 Å². The van der Waals surface area contributed by atoms with Gasteiger partial charge in [-0.3, -0.25) is 0 Å². The van der Waals surface area contributed by atoms with Crippen molar-refractivity contribution in [3.8, 4) is 0 Å². The van der Waals surface area contributed by atoms with E-state index in [0.29, 0.717) is 37.1 Å². The van der Waals surface area contributed by atoms with Gasteiger partial charge in [0.05, 0.1) is 5.75 Å². The molecule has 2 unspecified atom stereocenters. The Balaban J connectivity index is 2.65. The minimum absolute atomic E-state index is 0.298. The monoisotopic (exact) mass is 205 g/mol. The molecule has 1 fully saturated rings. The molecule has 1 rings (SSSR count). The lowest BCUT2D eigenvalue weighted by Crippen LogP contribution is -2.31. The molecule has 1 aliphatic rings. The summed E-state index contributed by atoms with van der Waals surface area (Å²) in [6.45, 7) is 7.56. The molecule has 4 heteroatoms. The summed E-state index contributed by atoms with van der Waals surface area (Å²) in [5.41, 5.74) is 0. The van der Waals surface area contributed by atoms with Crippen LogP contribution < -0.4 is 0 Å². The van der Waals surface area contributed by atoms with Crippen LogP contribution in [0.3, 0.4) is 0 Å². The number of hydrogen-bond acceptors (Lipinski definition) is 2. The molecule has 1 aliphatic heterocycles. The topological polar surface area (TPSA) is 37.4 Å². The molecule has 0 radical (unpaired) electrons. The van der Waals surface area contributed by atoms with Crippen molar-refractivity contribution in [3.63, 3.8) is 0 Å². The first kappa shape index (κ1) is 11.0. The van der Waals surface area contributed by atoms with Crippen LogP contribution in [0.5, 0.6) is 0 Å². The highest BCUT2D eigenvalue weighted by Crippen LogP contribution is 2.24. The van der Waals surface area contributed by atoms with E-state index in [1.165, 1.54) is 0 Å². The second kappa shape index (κ2) is 3.96. The maximum absolute atomic E-state index is 11.6. The Hall–Kier alpha value is -0.0900. The van der Waals surface area contributed by atoms with Gasteiger partial charge in [-0.05, 0) is 18.3 Å². The Labute approximate surface area is 81.2 Å². The Bertz CT molecular complexity index is 251. The third-order valence-electron chi connectivity index (χ3n) is 2.81. The highest BCUT2D eigenvalue weighted by Gasteiger charge is 2.33. The van der Waals surface area contributed by atoms with Crippen molar-refractivity contribution in [2.75, 3.05) is 18.8 Å². The second-order valence-electron chi connectivity index (χ2n) is 4.09. The molecule has 3 nitrogen and oxygen atoms in total. The number of sulfonamides is 1. The molecular formula is C9H19NO2S. The lowest BCUT2D eigenvalue weighted by atomic mass is 10.0. The van der Waals surface area contributed by atoms with Crippen LogP contribution in [0.1, 0.15) is 27.2 Å². The predicted molar refractivity (Wildman–Crippen MR) is 54.0 cm³/mol. The first-order valence-electron chi connectivity index (χ1n) is 4.95. The van der Waals surface area contributed by atoms with Crippen LogP contribution in [-0.4, -0.2) is 31.6 Å². The molecule has 0 aromatic carbocycles. The van der Waals surface area contributed by atoms with E-state index in [1.807, 2.05) is 6.92 Å². The van der Waals surface area contributed by atoms with Gasteiger partial charge in [0.25, 0.3) is 0 Å². The molecule has 0 amide bonds. The highest BCUT2D eigenvalue weighted by atomic mass is 32.2. The van der Waals surface area contributed by atoms with E-state index >= 15 is 0 Å². The average molecular weight is 205 g/mol. The summed E-state index contributed by atoms with van der Waals surface area (Å²) in [5.74, 6) is 1.31. The maximum atomic E-state index is 11.6. The van der Waals surface area contributed by atoms with E-state index in [9.17, 15) is 8.42 Å². The molecule has 1 heterocycles. The lowest BCUT2D eigenvalue weighted by Gasteiger charge is -2.14. The largest absolute Gasteiger partial charge is 0.214 e. The smallest absolute Gasteiger partial charge is 0.212 e. The summed E-state index contributed by atoms with van der Waals surface area (Å²) < 4.78 is 24.9. The molecule has 0 saturated carbocycles. The van der Waals surface area contributed by atoms with Crippen LogP contribution in [0.4, 0.5) is 0 Å². The molecule has 13 heavy (non-hydrogen) atoms. The Morgan fingerprint density at radius 1 is 1.23 bits per heavy atom. The summed E-state index contributed by atoms with van der Waals surface area (Å²) in [7, 11) is -2.94. The van der Waals surface area contributed by atoms with Crippen molar-refractivity contribution in [3.05, 3.63) is 0 Å². The maximum Gasteiger partial charge on any atom is 0.214 e. The van der Waals surface area contributed by atoms with E-state index in [-0.39, 0.29) is 0 Å². The van der Waals surface area contributed by atoms with E-state index in [4.69, 9.17) is 0 Å². The Morgan fingerprint density at radius 2 is 1.69 bits per heavy atom. The lowest BCUT2D eigenvalue weighted by molar-refractivity contribution is 0.462. The van der Waals surface area contributed by atoms with Gasteiger partial charge in [0.2, 0.25) is 10.0 Å².